The van der Waals surface area contributed by atoms with Crippen molar-refractivity contribution in [2.24, 2.45) is 0 Å². The Morgan fingerprint density at radius 1 is 1.22 bits per heavy atom. The van der Waals surface area contributed by atoms with Crippen LogP contribution in [0, 0.1) is 0 Å². The molecule has 1 aromatic carbocycles. The number of ether oxygens (including phenoxy) is 1. The molecule has 0 fully saturated rings. The van der Waals surface area contributed by atoms with Gasteiger partial charge in [0, 0.05) is 12.3 Å². The summed E-state index contributed by atoms with van der Waals surface area (Å²) in [5, 5.41) is 3.07. The van der Waals surface area contributed by atoms with Gasteiger partial charge in [0.2, 0.25) is 0 Å². The molecule has 102 valence electrons. The van der Waals surface area contributed by atoms with Gasteiger partial charge in [0.15, 0.2) is 0 Å². The minimum atomic E-state index is -3.91. The fraction of sp³-hybridized carbons (Fsp3) is 0.455. The highest BCUT2D eigenvalue weighted by molar-refractivity contribution is 8.69. The van der Waals surface area contributed by atoms with Crippen LogP contribution in [0.1, 0.15) is 6.42 Å². The van der Waals surface area contributed by atoms with Crippen molar-refractivity contribution in [3.63, 3.8) is 0 Å². The largest absolute Gasteiger partial charge is 0.494 e. The molecular formula is C11H17NO4S2. The molecule has 0 aromatic heterocycles. The van der Waals surface area contributed by atoms with Gasteiger partial charge in [-0.1, -0.05) is 18.2 Å². The second kappa shape index (κ2) is 8.36. The third-order valence-electron chi connectivity index (χ3n) is 2.02. The van der Waals surface area contributed by atoms with Gasteiger partial charge in [-0.05, 0) is 35.9 Å². The summed E-state index contributed by atoms with van der Waals surface area (Å²) in [5.41, 5.74) is 0. The summed E-state index contributed by atoms with van der Waals surface area (Å²) in [6, 6.07) is 9.56. The summed E-state index contributed by atoms with van der Waals surface area (Å²) in [5.74, 6) is 1.18. The Bertz CT molecular complexity index is 422. The van der Waals surface area contributed by atoms with Crippen LogP contribution < -0.4 is 10.1 Å². The number of hydrogen-bond acceptors (Lipinski definition) is 5. The fourth-order valence-electron chi connectivity index (χ4n) is 1.25. The first-order valence-corrected chi connectivity index (χ1v) is 8.52. The lowest BCUT2D eigenvalue weighted by molar-refractivity contribution is 0.309. The number of para-hydroxylation sites is 1. The average molecular weight is 291 g/mol. The lowest BCUT2D eigenvalue weighted by atomic mass is 10.3. The molecule has 2 N–H and O–H groups in total. The molecule has 1 rings (SSSR count). The molecule has 0 unspecified atom stereocenters. The van der Waals surface area contributed by atoms with Crippen molar-refractivity contribution in [1.29, 1.82) is 0 Å². The van der Waals surface area contributed by atoms with Gasteiger partial charge < -0.3 is 10.1 Å². The first-order chi connectivity index (χ1) is 8.58. The molecule has 0 amide bonds. The summed E-state index contributed by atoms with van der Waals surface area (Å²) < 4.78 is 34.7. The molecular weight excluding hydrogens is 274 g/mol. The Hall–Kier alpha value is -0.760. The number of rotatable bonds is 9. The predicted octanol–water partition coefficient (Wildman–Crippen LogP) is 1.58. The maximum absolute atomic E-state index is 10.4. The molecule has 0 spiro atoms. The van der Waals surface area contributed by atoms with Gasteiger partial charge in [-0.3, -0.25) is 4.55 Å². The van der Waals surface area contributed by atoms with E-state index in [1.807, 2.05) is 30.3 Å². The van der Waals surface area contributed by atoms with Crippen molar-refractivity contribution in [2.75, 3.05) is 25.4 Å². The van der Waals surface area contributed by atoms with E-state index in [1.165, 1.54) is 0 Å². The maximum Gasteiger partial charge on any atom is 0.319 e. The lowest BCUT2D eigenvalue weighted by Crippen LogP contribution is -2.20. The van der Waals surface area contributed by atoms with E-state index in [0.717, 1.165) is 18.7 Å². The standard InChI is InChI=1S/C11H17NO4S2/c13-18(14,15)17-10-8-12-7-4-9-16-11-5-2-1-3-6-11/h1-3,5-6,12H,4,7-10H2,(H,13,14,15). The van der Waals surface area contributed by atoms with Crippen LogP contribution in [0.25, 0.3) is 0 Å². The molecule has 0 aliphatic heterocycles. The minimum Gasteiger partial charge on any atom is -0.494 e. The third-order valence-corrected chi connectivity index (χ3v) is 4.08. The van der Waals surface area contributed by atoms with E-state index in [4.69, 9.17) is 9.29 Å². The van der Waals surface area contributed by atoms with Gasteiger partial charge in [-0.2, -0.15) is 8.42 Å². The van der Waals surface area contributed by atoms with E-state index in [2.05, 4.69) is 5.32 Å². The van der Waals surface area contributed by atoms with Gasteiger partial charge in [0.25, 0.3) is 0 Å². The van der Waals surface area contributed by atoms with E-state index < -0.39 is 9.15 Å². The van der Waals surface area contributed by atoms with Crippen molar-refractivity contribution < 1.29 is 17.7 Å². The highest BCUT2D eigenvalue weighted by Gasteiger charge is 2.03. The van der Waals surface area contributed by atoms with Crippen molar-refractivity contribution in [3.05, 3.63) is 30.3 Å². The van der Waals surface area contributed by atoms with Crippen LogP contribution in [-0.2, 0) is 9.15 Å². The molecule has 18 heavy (non-hydrogen) atoms. The molecule has 0 radical (unpaired) electrons. The normalized spacial score (nSPS) is 11.4. The molecule has 0 heterocycles. The summed E-state index contributed by atoms with van der Waals surface area (Å²) in [4.78, 5) is 0. The van der Waals surface area contributed by atoms with Gasteiger partial charge in [0.1, 0.15) is 5.75 Å². The molecule has 0 saturated heterocycles. The van der Waals surface area contributed by atoms with E-state index in [1.54, 1.807) is 0 Å². The van der Waals surface area contributed by atoms with E-state index in [9.17, 15) is 8.42 Å². The molecule has 0 aliphatic rings. The summed E-state index contributed by atoms with van der Waals surface area (Å²) in [6.45, 7) is 1.90. The Kier molecular flexibility index (Phi) is 7.11. The molecule has 5 nitrogen and oxygen atoms in total. The Morgan fingerprint density at radius 2 is 1.94 bits per heavy atom. The van der Waals surface area contributed by atoms with Crippen LogP contribution >= 0.6 is 10.8 Å². The quantitative estimate of drug-likeness (QED) is 0.409. The zero-order chi connectivity index (χ0) is 13.3. The predicted molar refractivity (Wildman–Crippen MR) is 73.4 cm³/mol. The van der Waals surface area contributed by atoms with Crippen molar-refractivity contribution in [2.45, 2.75) is 6.42 Å². The second-order valence-corrected chi connectivity index (χ2v) is 6.99. The van der Waals surface area contributed by atoms with Gasteiger partial charge in [-0.25, -0.2) is 0 Å². The van der Waals surface area contributed by atoms with Gasteiger partial charge in [0.05, 0.1) is 6.61 Å². The maximum atomic E-state index is 10.4. The van der Waals surface area contributed by atoms with E-state index in [-0.39, 0.29) is 0 Å². The summed E-state index contributed by atoms with van der Waals surface area (Å²) in [6.07, 6.45) is 0.839. The van der Waals surface area contributed by atoms with Crippen molar-refractivity contribution in [1.82, 2.24) is 5.32 Å². The monoisotopic (exact) mass is 291 g/mol. The molecule has 0 bridgehead atoms. The van der Waals surface area contributed by atoms with Crippen molar-refractivity contribution in [3.8, 4) is 5.75 Å². The summed E-state index contributed by atoms with van der Waals surface area (Å²) >= 11 is 0. The van der Waals surface area contributed by atoms with Crippen LogP contribution in [0.15, 0.2) is 30.3 Å². The Balaban J connectivity index is 1.93. The second-order valence-electron chi connectivity index (χ2n) is 3.51. The number of benzene rings is 1. The van der Waals surface area contributed by atoms with E-state index in [0.29, 0.717) is 29.7 Å². The van der Waals surface area contributed by atoms with Crippen LogP contribution in [0.2, 0.25) is 0 Å². The minimum absolute atomic E-state index is 0.332. The fourth-order valence-corrected chi connectivity index (χ4v) is 2.57. The Morgan fingerprint density at radius 3 is 2.61 bits per heavy atom. The highest BCUT2D eigenvalue weighted by Crippen LogP contribution is 2.08. The van der Waals surface area contributed by atoms with Gasteiger partial charge in [-0.15, -0.1) is 0 Å². The smallest absolute Gasteiger partial charge is 0.319 e. The van der Waals surface area contributed by atoms with Gasteiger partial charge >= 0.3 is 9.15 Å². The zero-order valence-electron chi connectivity index (χ0n) is 9.91. The number of hydrogen-bond donors (Lipinski definition) is 2. The third kappa shape index (κ3) is 8.35. The summed E-state index contributed by atoms with van der Waals surface area (Å²) in [7, 11) is -3.38. The van der Waals surface area contributed by atoms with Crippen LogP contribution in [0.4, 0.5) is 0 Å². The topological polar surface area (TPSA) is 75.6 Å². The lowest BCUT2D eigenvalue weighted by Gasteiger charge is -2.06. The van der Waals surface area contributed by atoms with Crippen LogP contribution in [-0.4, -0.2) is 38.4 Å². The zero-order valence-corrected chi connectivity index (χ0v) is 11.5. The molecule has 1 aromatic rings. The molecule has 7 heteroatoms. The Labute approximate surface area is 111 Å². The molecule has 0 atom stereocenters. The van der Waals surface area contributed by atoms with Crippen LogP contribution in [0.5, 0.6) is 5.75 Å². The number of nitrogens with one attached hydrogen (secondary N) is 1. The first-order valence-electron chi connectivity index (χ1n) is 5.58. The molecule has 0 aliphatic carbocycles. The van der Waals surface area contributed by atoms with E-state index >= 15 is 0 Å². The SMILES string of the molecule is O=S(=O)(O)SCCNCCCOc1ccccc1. The highest BCUT2D eigenvalue weighted by atomic mass is 33.1. The average Bonchev–Trinajstić information content (AvgIpc) is 2.32. The molecule has 0 saturated carbocycles. The first kappa shape index (κ1) is 15.3. The van der Waals surface area contributed by atoms with Crippen molar-refractivity contribution >= 4 is 19.9 Å². The van der Waals surface area contributed by atoms with Crippen LogP contribution in [0.3, 0.4) is 0 Å².